The minimum absolute atomic E-state index is 0.0498. The molecule has 5 fully saturated rings. The monoisotopic (exact) mass is 397 g/mol. The van der Waals surface area contributed by atoms with E-state index in [0.717, 1.165) is 37.0 Å². The molecule has 4 aliphatic carbocycles. The van der Waals surface area contributed by atoms with Crippen molar-refractivity contribution in [2.24, 2.45) is 23.2 Å². The van der Waals surface area contributed by atoms with E-state index >= 15 is 0 Å². The molecule has 4 nitrogen and oxygen atoms in total. The molecule has 0 aromatic heterocycles. The summed E-state index contributed by atoms with van der Waals surface area (Å²) in [6.07, 6.45) is 7.63. The number of rotatable bonds is 5. The second kappa shape index (κ2) is 7.70. The summed E-state index contributed by atoms with van der Waals surface area (Å²) in [5, 5.41) is 3.58. The Labute approximate surface area is 176 Å². The van der Waals surface area contributed by atoms with Crippen LogP contribution in [0.5, 0.6) is 0 Å². The average Bonchev–Trinajstić information content (AvgIpc) is 2.69. The van der Waals surface area contributed by atoms with Crippen molar-refractivity contribution >= 4 is 5.91 Å². The molecule has 0 radical (unpaired) electrons. The van der Waals surface area contributed by atoms with Crippen LogP contribution in [0.3, 0.4) is 0 Å². The van der Waals surface area contributed by atoms with Crippen molar-refractivity contribution < 1.29 is 14.6 Å². The van der Waals surface area contributed by atoms with Gasteiger partial charge in [-0.25, -0.2) is 0 Å². The predicted octanol–water partition coefficient (Wildman–Crippen LogP) is 0.862. The lowest BCUT2D eigenvalue weighted by molar-refractivity contribution is -1.02. The van der Waals surface area contributed by atoms with Crippen molar-refractivity contribution in [1.82, 2.24) is 5.32 Å². The zero-order valence-corrected chi connectivity index (χ0v) is 18.3. The summed E-state index contributed by atoms with van der Waals surface area (Å²) < 4.78 is 0. The SMILES string of the molecule is C[C@H](NC(=O)C12CC3CC(CC(C3)C1)C2)[C@H](c1ccccc1)[NH+]1CC[NH+](C)CC1. The second-order valence-corrected chi connectivity index (χ2v) is 11.0. The Balaban J connectivity index is 1.34. The molecular formula is C25H39N3O+2. The molecule has 4 bridgehead atoms. The van der Waals surface area contributed by atoms with Crippen molar-refractivity contribution in [3.63, 3.8) is 0 Å². The van der Waals surface area contributed by atoms with E-state index in [-0.39, 0.29) is 11.5 Å². The van der Waals surface area contributed by atoms with Gasteiger partial charge in [0, 0.05) is 11.0 Å². The molecule has 4 heteroatoms. The van der Waals surface area contributed by atoms with Crippen LogP contribution in [0.15, 0.2) is 30.3 Å². The number of likely N-dealkylation sites (N-methyl/N-ethyl adjacent to an activating group) is 1. The van der Waals surface area contributed by atoms with Crippen LogP contribution in [-0.2, 0) is 4.79 Å². The Hall–Kier alpha value is -1.39. The highest BCUT2D eigenvalue weighted by Gasteiger charge is 2.55. The minimum atomic E-state index is -0.0498. The van der Waals surface area contributed by atoms with Gasteiger partial charge in [0.2, 0.25) is 5.91 Å². The van der Waals surface area contributed by atoms with E-state index in [9.17, 15) is 4.79 Å². The largest absolute Gasteiger partial charge is 0.347 e. The van der Waals surface area contributed by atoms with E-state index in [1.165, 1.54) is 51.0 Å². The molecule has 4 saturated carbocycles. The maximum absolute atomic E-state index is 13.7. The third-order valence-corrected chi connectivity index (χ3v) is 8.72. The average molecular weight is 398 g/mol. The van der Waals surface area contributed by atoms with Crippen molar-refractivity contribution in [2.75, 3.05) is 33.2 Å². The maximum Gasteiger partial charge on any atom is 0.226 e. The molecule has 0 spiro atoms. The van der Waals surface area contributed by atoms with Crippen molar-refractivity contribution in [1.29, 1.82) is 0 Å². The van der Waals surface area contributed by atoms with Crippen LogP contribution in [-0.4, -0.2) is 45.2 Å². The van der Waals surface area contributed by atoms with Gasteiger partial charge in [-0.3, -0.25) is 4.79 Å². The number of amides is 1. The molecule has 29 heavy (non-hydrogen) atoms. The van der Waals surface area contributed by atoms with E-state index in [0.29, 0.717) is 11.9 Å². The van der Waals surface area contributed by atoms with Crippen molar-refractivity contribution in [2.45, 2.75) is 57.5 Å². The molecular weight excluding hydrogens is 358 g/mol. The van der Waals surface area contributed by atoms with Gasteiger partial charge in [-0.15, -0.1) is 0 Å². The van der Waals surface area contributed by atoms with Gasteiger partial charge in [0.1, 0.15) is 32.2 Å². The number of hydrogen-bond donors (Lipinski definition) is 3. The lowest BCUT2D eigenvalue weighted by atomic mass is 9.49. The summed E-state index contributed by atoms with van der Waals surface area (Å²) in [4.78, 5) is 16.9. The highest BCUT2D eigenvalue weighted by Crippen LogP contribution is 2.60. The Bertz CT molecular complexity index is 690. The number of nitrogens with one attached hydrogen (secondary N) is 3. The Morgan fingerprint density at radius 1 is 0.966 bits per heavy atom. The Morgan fingerprint density at radius 2 is 1.52 bits per heavy atom. The van der Waals surface area contributed by atoms with Gasteiger partial charge in [-0.2, -0.15) is 0 Å². The molecule has 1 aromatic rings. The van der Waals surface area contributed by atoms with Crippen LogP contribution in [0.25, 0.3) is 0 Å². The molecule has 2 atom stereocenters. The van der Waals surface area contributed by atoms with Gasteiger partial charge in [0.05, 0.1) is 13.1 Å². The molecule has 1 aliphatic heterocycles. The van der Waals surface area contributed by atoms with Gasteiger partial charge in [0.15, 0.2) is 0 Å². The van der Waals surface area contributed by atoms with Gasteiger partial charge in [0.25, 0.3) is 0 Å². The quantitative estimate of drug-likeness (QED) is 0.678. The molecule has 158 valence electrons. The van der Waals surface area contributed by atoms with Crippen LogP contribution in [0.2, 0.25) is 0 Å². The topological polar surface area (TPSA) is 38.0 Å². The predicted molar refractivity (Wildman–Crippen MR) is 115 cm³/mol. The first-order valence-electron chi connectivity index (χ1n) is 12.0. The molecule has 1 heterocycles. The lowest BCUT2D eigenvalue weighted by Crippen LogP contribution is -3.27. The fraction of sp³-hybridized carbons (Fsp3) is 0.720. The number of quaternary nitrogens is 2. The van der Waals surface area contributed by atoms with Crippen LogP contribution < -0.4 is 15.1 Å². The number of benzene rings is 1. The lowest BCUT2D eigenvalue weighted by Gasteiger charge is -2.56. The highest BCUT2D eigenvalue weighted by atomic mass is 16.2. The normalized spacial score (nSPS) is 40.4. The second-order valence-electron chi connectivity index (χ2n) is 11.0. The Kier molecular flexibility index (Phi) is 5.19. The minimum Gasteiger partial charge on any atom is -0.347 e. The first-order chi connectivity index (χ1) is 14.0. The van der Waals surface area contributed by atoms with Crippen molar-refractivity contribution in [3.8, 4) is 0 Å². The standard InChI is InChI=1S/C25H37N3O/c1-18(23(22-6-4-3-5-7-22)28-10-8-27(2)9-11-28)26-24(29)25-15-19-12-20(16-25)14-21(13-19)17-25/h3-7,18-21,23H,8-17H2,1-2H3,(H,26,29)/p+2/t18-,19?,20?,21?,23+,25?/m0/s1. The molecule has 3 N–H and O–H groups in total. The number of carbonyl (C=O) groups is 1. The van der Waals surface area contributed by atoms with Crippen LogP contribution in [0.4, 0.5) is 0 Å². The summed E-state index contributed by atoms with van der Waals surface area (Å²) in [7, 11) is 2.30. The number of piperazine rings is 1. The van der Waals surface area contributed by atoms with Gasteiger partial charge >= 0.3 is 0 Å². The van der Waals surface area contributed by atoms with Crippen LogP contribution in [0, 0.1) is 23.2 Å². The van der Waals surface area contributed by atoms with E-state index in [1.807, 2.05) is 0 Å². The first kappa shape index (κ1) is 19.6. The molecule has 0 unspecified atom stereocenters. The summed E-state index contributed by atoms with van der Waals surface area (Å²) >= 11 is 0. The van der Waals surface area contributed by atoms with E-state index in [1.54, 1.807) is 9.80 Å². The summed E-state index contributed by atoms with van der Waals surface area (Å²) in [5.41, 5.74) is 1.33. The maximum atomic E-state index is 13.7. The molecule has 6 rings (SSSR count). The highest BCUT2D eigenvalue weighted by molar-refractivity contribution is 5.83. The van der Waals surface area contributed by atoms with Gasteiger partial charge in [-0.05, 0) is 63.2 Å². The zero-order chi connectivity index (χ0) is 20.0. The van der Waals surface area contributed by atoms with E-state index < -0.39 is 0 Å². The molecule has 5 aliphatic rings. The summed E-state index contributed by atoms with van der Waals surface area (Å²) in [6, 6.07) is 11.4. The molecule has 1 saturated heterocycles. The van der Waals surface area contributed by atoms with Crippen LogP contribution in [0.1, 0.15) is 57.1 Å². The van der Waals surface area contributed by atoms with Gasteiger partial charge in [-0.1, -0.05) is 30.3 Å². The summed E-state index contributed by atoms with van der Waals surface area (Å²) in [6.45, 7) is 7.06. The third-order valence-electron chi connectivity index (χ3n) is 8.72. The van der Waals surface area contributed by atoms with Gasteiger partial charge < -0.3 is 15.1 Å². The first-order valence-corrected chi connectivity index (χ1v) is 12.0. The zero-order valence-electron chi connectivity index (χ0n) is 18.3. The smallest absolute Gasteiger partial charge is 0.226 e. The molecule has 1 aromatic carbocycles. The number of hydrogen-bond acceptors (Lipinski definition) is 1. The molecule has 1 amide bonds. The Morgan fingerprint density at radius 3 is 2.07 bits per heavy atom. The van der Waals surface area contributed by atoms with Crippen LogP contribution >= 0.6 is 0 Å². The number of carbonyl (C=O) groups excluding carboxylic acids is 1. The van der Waals surface area contributed by atoms with Crippen molar-refractivity contribution in [3.05, 3.63) is 35.9 Å². The fourth-order valence-corrected chi connectivity index (χ4v) is 7.68. The van der Waals surface area contributed by atoms with E-state index in [4.69, 9.17) is 0 Å². The summed E-state index contributed by atoms with van der Waals surface area (Å²) in [5.74, 6) is 2.83. The van der Waals surface area contributed by atoms with E-state index in [2.05, 4.69) is 49.6 Å². The third kappa shape index (κ3) is 3.74. The fourth-order valence-electron chi connectivity index (χ4n) is 7.68.